The molecule has 0 aromatic carbocycles. The lowest BCUT2D eigenvalue weighted by Gasteiger charge is -2.18. The number of sulfonamides is 1. The summed E-state index contributed by atoms with van der Waals surface area (Å²) in [6.07, 6.45) is 1.11. The van der Waals surface area contributed by atoms with Gasteiger partial charge < -0.3 is 5.32 Å². The average Bonchev–Trinajstić information content (AvgIpc) is 2.69. The summed E-state index contributed by atoms with van der Waals surface area (Å²) >= 11 is 0. The predicted molar refractivity (Wildman–Crippen MR) is 51.1 cm³/mol. The van der Waals surface area contributed by atoms with Crippen LogP contribution in [-0.2, 0) is 14.8 Å². The summed E-state index contributed by atoms with van der Waals surface area (Å²) in [7, 11) is -3.27. The predicted octanol–water partition coefficient (Wildman–Crippen LogP) is -0.842. The first-order valence-corrected chi connectivity index (χ1v) is 6.44. The van der Waals surface area contributed by atoms with Crippen molar-refractivity contribution in [1.82, 2.24) is 9.62 Å². The van der Waals surface area contributed by atoms with Crippen molar-refractivity contribution < 1.29 is 13.2 Å². The van der Waals surface area contributed by atoms with Crippen LogP contribution in [0.2, 0.25) is 0 Å². The molecule has 0 radical (unpaired) electrons. The largest absolute Gasteiger partial charge is 0.316 e. The van der Waals surface area contributed by atoms with E-state index in [0.717, 1.165) is 23.8 Å². The lowest BCUT2D eigenvalue weighted by molar-refractivity contribution is -0.125. The van der Waals surface area contributed by atoms with E-state index >= 15 is 0 Å². The Kier molecular flexibility index (Phi) is 2.48. The van der Waals surface area contributed by atoms with E-state index in [1.54, 1.807) is 0 Å². The molecule has 2 aliphatic rings. The number of rotatable bonds is 2. The molecule has 2 heterocycles. The van der Waals surface area contributed by atoms with Crippen molar-refractivity contribution in [3.8, 4) is 0 Å². The van der Waals surface area contributed by atoms with Gasteiger partial charge in [-0.1, -0.05) is 0 Å². The van der Waals surface area contributed by atoms with E-state index in [0.29, 0.717) is 12.5 Å². The zero-order valence-corrected chi connectivity index (χ0v) is 8.72. The third-order valence-electron chi connectivity index (χ3n) is 2.77. The lowest BCUT2D eigenvalue weighted by Crippen LogP contribution is -2.35. The zero-order chi connectivity index (χ0) is 10.2. The molecule has 2 rings (SSSR count). The highest BCUT2D eigenvalue weighted by atomic mass is 32.2. The van der Waals surface area contributed by atoms with Gasteiger partial charge >= 0.3 is 0 Å². The van der Waals surface area contributed by atoms with Gasteiger partial charge in [-0.2, -0.15) is 0 Å². The first kappa shape index (κ1) is 9.92. The van der Waals surface area contributed by atoms with E-state index in [1.807, 2.05) is 0 Å². The second kappa shape index (κ2) is 3.51. The Balaban J connectivity index is 2.05. The van der Waals surface area contributed by atoms with Gasteiger partial charge in [0, 0.05) is 13.0 Å². The maximum atomic E-state index is 11.4. The summed E-state index contributed by atoms with van der Waals surface area (Å²) in [6.45, 7) is 2.11. The monoisotopic (exact) mass is 218 g/mol. The summed E-state index contributed by atoms with van der Waals surface area (Å²) in [5.74, 6) is 0.0511. The number of hydrogen-bond acceptors (Lipinski definition) is 4. The van der Waals surface area contributed by atoms with Crippen LogP contribution >= 0.6 is 0 Å². The van der Waals surface area contributed by atoms with Crippen LogP contribution in [0.5, 0.6) is 0 Å². The van der Waals surface area contributed by atoms with E-state index in [-0.39, 0.29) is 18.1 Å². The Morgan fingerprint density at radius 3 is 2.79 bits per heavy atom. The summed E-state index contributed by atoms with van der Waals surface area (Å²) in [5.41, 5.74) is 0. The van der Waals surface area contributed by atoms with Gasteiger partial charge in [0.15, 0.2) is 0 Å². The third kappa shape index (κ3) is 1.76. The highest BCUT2D eigenvalue weighted by Gasteiger charge is 2.36. The molecular formula is C8H14N2O3S. The second-order valence-electron chi connectivity index (χ2n) is 3.85. The Bertz CT molecular complexity index is 332. The molecule has 14 heavy (non-hydrogen) atoms. The molecule has 1 atom stereocenters. The van der Waals surface area contributed by atoms with E-state index < -0.39 is 10.0 Å². The van der Waals surface area contributed by atoms with Crippen molar-refractivity contribution in [3.63, 3.8) is 0 Å². The molecule has 0 bridgehead atoms. The fourth-order valence-corrected chi connectivity index (χ4v) is 3.42. The quantitative estimate of drug-likeness (QED) is 0.656. The molecule has 0 aliphatic carbocycles. The Labute approximate surface area is 83.5 Å². The molecule has 1 unspecified atom stereocenters. The highest BCUT2D eigenvalue weighted by molar-refractivity contribution is 7.90. The molecule has 5 nitrogen and oxygen atoms in total. The van der Waals surface area contributed by atoms with Crippen molar-refractivity contribution >= 4 is 15.9 Å². The molecule has 2 fully saturated rings. The molecule has 0 spiro atoms. The molecule has 0 aromatic heterocycles. The average molecular weight is 218 g/mol. The topological polar surface area (TPSA) is 66.5 Å². The highest BCUT2D eigenvalue weighted by Crippen LogP contribution is 2.19. The van der Waals surface area contributed by atoms with Gasteiger partial charge in [0.1, 0.15) is 0 Å². The van der Waals surface area contributed by atoms with E-state index in [1.165, 1.54) is 0 Å². The zero-order valence-electron chi connectivity index (χ0n) is 7.90. The van der Waals surface area contributed by atoms with Crippen LogP contribution in [0.25, 0.3) is 0 Å². The molecule has 2 aliphatic heterocycles. The van der Waals surface area contributed by atoms with Crippen LogP contribution in [0.4, 0.5) is 0 Å². The van der Waals surface area contributed by atoms with Crippen LogP contribution in [0.1, 0.15) is 12.8 Å². The number of amides is 1. The Morgan fingerprint density at radius 1 is 1.50 bits per heavy atom. The minimum Gasteiger partial charge on any atom is -0.316 e. The maximum Gasteiger partial charge on any atom is 0.237 e. The lowest BCUT2D eigenvalue weighted by atomic mass is 10.1. The summed E-state index contributed by atoms with van der Waals surface area (Å²) in [4.78, 5) is 11.3. The molecule has 0 aromatic rings. The molecule has 1 amide bonds. The minimum absolute atomic E-state index is 0.00795. The van der Waals surface area contributed by atoms with Gasteiger partial charge in [-0.25, -0.2) is 12.7 Å². The fourth-order valence-electron chi connectivity index (χ4n) is 1.93. The van der Waals surface area contributed by atoms with E-state index in [4.69, 9.17) is 0 Å². The summed E-state index contributed by atoms with van der Waals surface area (Å²) in [5, 5.41) is 3.16. The van der Waals surface area contributed by atoms with Crippen molar-refractivity contribution in [3.05, 3.63) is 0 Å². The van der Waals surface area contributed by atoms with Gasteiger partial charge in [-0.05, 0) is 25.4 Å². The number of carbonyl (C=O) groups excluding carboxylic acids is 1. The minimum atomic E-state index is -3.27. The molecular weight excluding hydrogens is 204 g/mol. The van der Waals surface area contributed by atoms with Gasteiger partial charge in [0.2, 0.25) is 15.9 Å². The van der Waals surface area contributed by atoms with Crippen molar-refractivity contribution in [2.45, 2.75) is 12.8 Å². The van der Waals surface area contributed by atoms with Crippen molar-refractivity contribution in [2.75, 3.05) is 25.4 Å². The third-order valence-corrected chi connectivity index (χ3v) is 4.52. The smallest absolute Gasteiger partial charge is 0.237 e. The van der Waals surface area contributed by atoms with Crippen LogP contribution in [-0.4, -0.2) is 44.0 Å². The van der Waals surface area contributed by atoms with Crippen LogP contribution < -0.4 is 5.32 Å². The van der Waals surface area contributed by atoms with E-state index in [9.17, 15) is 13.2 Å². The number of nitrogens with zero attached hydrogens (tertiary/aromatic N) is 1. The van der Waals surface area contributed by atoms with Crippen molar-refractivity contribution in [1.29, 1.82) is 0 Å². The van der Waals surface area contributed by atoms with Gasteiger partial charge in [0.25, 0.3) is 0 Å². The van der Waals surface area contributed by atoms with Gasteiger partial charge in [0.05, 0.1) is 5.75 Å². The van der Waals surface area contributed by atoms with Gasteiger partial charge in [-0.3, -0.25) is 4.79 Å². The normalized spacial score (nSPS) is 31.3. The second-order valence-corrected chi connectivity index (χ2v) is 5.86. The number of carbonyl (C=O) groups is 1. The Hall–Kier alpha value is -0.620. The standard InChI is InChI=1S/C8H14N2O3S/c11-8-2-4-14(12,13)10(8)6-7-1-3-9-5-7/h7,9H,1-6H2. The summed E-state index contributed by atoms with van der Waals surface area (Å²) < 4.78 is 23.9. The van der Waals surface area contributed by atoms with Gasteiger partial charge in [-0.15, -0.1) is 0 Å². The molecule has 1 N–H and O–H groups in total. The Morgan fingerprint density at radius 2 is 2.29 bits per heavy atom. The van der Waals surface area contributed by atoms with Crippen LogP contribution in [0, 0.1) is 5.92 Å². The SMILES string of the molecule is O=C1CCS(=O)(=O)N1CC1CCNC1. The van der Waals surface area contributed by atoms with Crippen LogP contribution in [0.15, 0.2) is 0 Å². The molecule has 6 heteroatoms. The molecule has 80 valence electrons. The summed E-state index contributed by atoms with van der Waals surface area (Å²) in [6, 6.07) is 0. The number of nitrogens with one attached hydrogen (secondary N) is 1. The first-order valence-electron chi connectivity index (χ1n) is 4.83. The van der Waals surface area contributed by atoms with Crippen molar-refractivity contribution in [2.24, 2.45) is 5.92 Å². The van der Waals surface area contributed by atoms with Crippen LogP contribution in [0.3, 0.4) is 0 Å². The molecule has 2 saturated heterocycles. The maximum absolute atomic E-state index is 11.4. The van der Waals surface area contributed by atoms with E-state index in [2.05, 4.69) is 5.32 Å². The first-order chi connectivity index (χ1) is 6.59. The fraction of sp³-hybridized carbons (Fsp3) is 0.875. The molecule has 0 saturated carbocycles. The number of hydrogen-bond donors (Lipinski definition) is 1.